The van der Waals surface area contributed by atoms with Crippen molar-refractivity contribution in [2.75, 3.05) is 24.3 Å². The minimum atomic E-state index is -0.898. The SMILES string of the molecule is CN1c2cccc(N)c2OCC1C(=O)O. The highest BCUT2D eigenvalue weighted by Crippen LogP contribution is 2.37. The van der Waals surface area contributed by atoms with Crippen molar-refractivity contribution in [1.82, 2.24) is 0 Å². The molecule has 0 spiro atoms. The highest BCUT2D eigenvalue weighted by atomic mass is 16.5. The zero-order valence-electron chi connectivity index (χ0n) is 8.30. The lowest BCUT2D eigenvalue weighted by Crippen LogP contribution is -2.46. The molecule has 2 rings (SSSR count). The molecule has 1 unspecified atom stereocenters. The highest BCUT2D eigenvalue weighted by molar-refractivity contribution is 5.82. The van der Waals surface area contributed by atoms with Crippen LogP contribution in [0.3, 0.4) is 0 Å². The second-order valence-corrected chi connectivity index (χ2v) is 3.47. The quantitative estimate of drug-likeness (QED) is 0.659. The number of carboxylic acids is 1. The molecule has 1 aliphatic rings. The van der Waals surface area contributed by atoms with Crippen LogP contribution in [0.1, 0.15) is 0 Å². The summed E-state index contributed by atoms with van der Waals surface area (Å²) in [7, 11) is 1.72. The third-order valence-corrected chi connectivity index (χ3v) is 2.54. The summed E-state index contributed by atoms with van der Waals surface area (Å²) in [5.41, 5.74) is 6.97. The van der Waals surface area contributed by atoms with Gasteiger partial charge in [0.2, 0.25) is 0 Å². The van der Waals surface area contributed by atoms with Gasteiger partial charge < -0.3 is 20.5 Å². The molecule has 0 aromatic heterocycles. The smallest absolute Gasteiger partial charge is 0.329 e. The number of nitrogens with zero attached hydrogens (tertiary/aromatic N) is 1. The summed E-state index contributed by atoms with van der Waals surface area (Å²) in [5.74, 6) is -0.330. The molecule has 5 nitrogen and oxygen atoms in total. The lowest BCUT2D eigenvalue weighted by molar-refractivity contribution is -0.139. The maximum atomic E-state index is 10.9. The number of likely N-dealkylation sites (N-methyl/N-ethyl adjacent to an activating group) is 1. The summed E-state index contributed by atoms with van der Waals surface area (Å²) in [5, 5.41) is 8.95. The van der Waals surface area contributed by atoms with Crippen LogP contribution < -0.4 is 15.4 Å². The Morgan fingerprint density at radius 2 is 2.40 bits per heavy atom. The van der Waals surface area contributed by atoms with Crippen LogP contribution in [0.2, 0.25) is 0 Å². The lowest BCUT2D eigenvalue weighted by atomic mass is 10.1. The number of hydrogen-bond acceptors (Lipinski definition) is 4. The van der Waals surface area contributed by atoms with Crippen molar-refractivity contribution < 1.29 is 14.6 Å². The van der Waals surface area contributed by atoms with Gasteiger partial charge in [-0.2, -0.15) is 0 Å². The van der Waals surface area contributed by atoms with Gasteiger partial charge in [0.15, 0.2) is 11.8 Å². The van der Waals surface area contributed by atoms with Crippen LogP contribution in [0.25, 0.3) is 0 Å². The van der Waals surface area contributed by atoms with Crippen LogP contribution in [0.5, 0.6) is 5.75 Å². The fourth-order valence-electron chi connectivity index (χ4n) is 1.66. The first-order chi connectivity index (χ1) is 7.11. The topological polar surface area (TPSA) is 75.8 Å². The summed E-state index contributed by atoms with van der Waals surface area (Å²) >= 11 is 0. The van der Waals surface area contributed by atoms with E-state index in [1.807, 2.05) is 0 Å². The van der Waals surface area contributed by atoms with Gasteiger partial charge in [-0.15, -0.1) is 0 Å². The number of carboxylic acid groups (broad SMARTS) is 1. The fourth-order valence-corrected chi connectivity index (χ4v) is 1.66. The maximum absolute atomic E-state index is 10.9. The van der Waals surface area contributed by atoms with Gasteiger partial charge in [-0.1, -0.05) is 6.07 Å². The number of rotatable bonds is 1. The fraction of sp³-hybridized carbons (Fsp3) is 0.300. The number of hydrogen-bond donors (Lipinski definition) is 2. The number of para-hydroxylation sites is 1. The van der Waals surface area contributed by atoms with Gasteiger partial charge in [-0.25, -0.2) is 4.79 Å². The van der Waals surface area contributed by atoms with Gasteiger partial charge in [0.1, 0.15) is 6.61 Å². The van der Waals surface area contributed by atoms with E-state index in [0.717, 1.165) is 0 Å². The molecule has 0 fully saturated rings. The van der Waals surface area contributed by atoms with Crippen LogP contribution in [-0.2, 0) is 4.79 Å². The maximum Gasteiger partial charge on any atom is 0.329 e. The second kappa shape index (κ2) is 3.34. The van der Waals surface area contributed by atoms with E-state index in [4.69, 9.17) is 15.6 Å². The Morgan fingerprint density at radius 1 is 1.67 bits per heavy atom. The van der Waals surface area contributed by atoms with Gasteiger partial charge in [0.25, 0.3) is 0 Å². The monoisotopic (exact) mass is 208 g/mol. The van der Waals surface area contributed by atoms with Crippen molar-refractivity contribution in [2.24, 2.45) is 0 Å². The van der Waals surface area contributed by atoms with Crippen molar-refractivity contribution >= 4 is 17.3 Å². The zero-order valence-corrected chi connectivity index (χ0v) is 8.30. The molecule has 0 saturated carbocycles. The normalized spacial score (nSPS) is 19.3. The van der Waals surface area contributed by atoms with Crippen molar-refractivity contribution in [3.63, 3.8) is 0 Å². The molecule has 0 amide bonds. The van der Waals surface area contributed by atoms with Crippen LogP contribution >= 0.6 is 0 Å². The summed E-state index contributed by atoms with van der Waals surface area (Å²) in [6, 6.07) is 4.65. The number of aliphatic carboxylic acids is 1. The standard InChI is InChI=1S/C10H12N2O3/c1-12-7-4-2-3-6(11)9(7)15-5-8(12)10(13)14/h2-4,8H,5,11H2,1H3,(H,13,14). The largest absolute Gasteiger partial charge is 0.486 e. The van der Waals surface area contributed by atoms with E-state index >= 15 is 0 Å². The lowest BCUT2D eigenvalue weighted by Gasteiger charge is -2.33. The van der Waals surface area contributed by atoms with Crippen LogP contribution in [0, 0.1) is 0 Å². The predicted octanol–water partition coefficient (Wildman–Crippen LogP) is 0.551. The number of fused-ring (bicyclic) bond motifs is 1. The van der Waals surface area contributed by atoms with Crippen molar-refractivity contribution in [3.8, 4) is 5.75 Å². The molecule has 0 saturated heterocycles. The molecule has 0 bridgehead atoms. The summed E-state index contributed by atoms with van der Waals surface area (Å²) in [6.45, 7) is 0.118. The molecule has 80 valence electrons. The van der Waals surface area contributed by atoms with Crippen LogP contribution in [0.15, 0.2) is 18.2 Å². The molecule has 0 aliphatic carbocycles. The first-order valence-corrected chi connectivity index (χ1v) is 4.58. The first-order valence-electron chi connectivity index (χ1n) is 4.58. The molecule has 3 N–H and O–H groups in total. The number of nitrogens with two attached hydrogens (primary N) is 1. The highest BCUT2D eigenvalue weighted by Gasteiger charge is 2.30. The van der Waals surface area contributed by atoms with Crippen molar-refractivity contribution in [3.05, 3.63) is 18.2 Å². The van der Waals surface area contributed by atoms with Gasteiger partial charge in [-0.3, -0.25) is 0 Å². The van der Waals surface area contributed by atoms with Gasteiger partial charge >= 0.3 is 5.97 Å². The van der Waals surface area contributed by atoms with Crippen molar-refractivity contribution in [2.45, 2.75) is 6.04 Å². The molecule has 15 heavy (non-hydrogen) atoms. The Kier molecular flexibility index (Phi) is 2.15. The van der Waals surface area contributed by atoms with E-state index < -0.39 is 12.0 Å². The Balaban J connectivity index is 2.42. The van der Waals surface area contributed by atoms with Crippen molar-refractivity contribution in [1.29, 1.82) is 0 Å². The van der Waals surface area contributed by atoms with E-state index in [-0.39, 0.29) is 6.61 Å². The molecule has 1 aromatic rings. The molecule has 0 radical (unpaired) electrons. The minimum absolute atomic E-state index is 0.118. The van der Waals surface area contributed by atoms with Gasteiger partial charge in [0, 0.05) is 7.05 Å². The van der Waals surface area contributed by atoms with E-state index in [1.165, 1.54) is 0 Å². The average Bonchev–Trinajstić information content (AvgIpc) is 2.19. The molecular formula is C10H12N2O3. The van der Waals surface area contributed by atoms with Gasteiger partial charge in [-0.05, 0) is 12.1 Å². The summed E-state index contributed by atoms with van der Waals surface area (Å²) in [4.78, 5) is 12.6. The molecule has 5 heteroatoms. The number of ether oxygens (including phenoxy) is 1. The molecule has 1 aromatic carbocycles. The van der Waals surface area contributed by atoms with E-state index in [1.54, 1.807) is 30.1 Å². The summed E-state index contributed by atoms with van der Waals surface area (Å²) < 4.78 is 5.35. The summed E-state index contributed by atoms with van der Waals surface area (Å²) in [6.07, 6.45) is 0. The van der Waals surface area contributed by atoms with E-state index in [9.17, 15) is 4.79 Å². The third-order valence-electron chi connectivity index (χ3n) is 2.54. The van der Waals surface area contributed by atoms with E-state index in [0.29, 0.717) is 17.1 Å². The number of benzene rings is 1. The molecule has 1 aliphatic heterocycles. The Hall–Kier alpha value is -1.91. The van der Waals surface area contributed by atoms with Crippen LogP contribution in [-0.4, -0.2) is 30.8 Å². The Labute approximate surface area is 87.1 Å². The first kappa shape index (κ1) is 9.64. The average molecular weight is 208 g/mol. The third kappa shape index (κ3) is 1.45. The molecular weight excluding hydrogens is 196 g/mol. The zero-order chi connectivity index (χ0) is 11.0. The van der Waals surface area contributed by atoms with Gasteiger partial charge in [0.05, 0.1) is 11.4 Å². The van der Waals surface area contributed by atoms with E-state index in [2.05, 4.69) is 0 Å². The number of nitrogen functional groups attached to an aromatic ring is 1. The second-order valence-electron chi connectivity index (χ2n) is 3.47. The Morgan fingerprint density at radius 3 is 3.07 bits per heavy atom. The number of anilines is 2. The minimum Gasteiger partial charge on any atom is -0.486 e. The number of carbonyl (C=O) groups is 1. The van der Waals surface area contributed by atoms with Crippen LogP contribution in [0.4, 0.5) is 11.4 Å². The Bertz CT molecular complexity index is 406. The molecule has 1 atom stereocenters. The predicted molar refractivity (Wildman–Crippen MR) is 56.2 cm³/mol. The molecule has 1 heterocycles.